The molecule has 0 N–H and O–H groups in total. The topological polar surface area (TPSA) is 43.6 Å². The molecular formula is C33H26N4. The van der Waals surface area contributed by atoms with Gasteiger partial charge in [-0.2, -0.15) is 0 Å². The first-order valence-corrected chi connectivity index (χ1v) is 12.9. The molecule has 178 valence electrons. The molecule has 0 atom stereocenters. The quantitative estimate of drug-likeness (QED) is 0.261. The van der Waals surface area contributed by atoms with Crippen LogP contribution in [0.3, 0.4) is 0 Å². The minimum absolute atomic E-state index is 0.734. The monoisotopic (exact) mass is 478 g/mol. The Labute approximate surface area is 216 Å². The Bertz CT molecular complexity index is 1640. The summed E-state index contributed by atoms with van der Waals surface area (Å²) in [6.45, 7) is 0. The highest BCUT2D eigenvalue weighted by Crippen LogP contribution is 2.35. The van der Waals surface area contributed by atoms with Crippen molar-refractivity contribution in [2.24, 2.45) is 0 Å². The van der Waals surface area contributed by atoms with Gasteiger partial charge in [0.1, 0.15) is 0 Å². The maximum absolute atomic E-state index is 4.98. The van der Waals surface area contributed by atoms with E-state index in [4.69, 9.17) is 9.97 Å². The van der Waals surface area contributed by atoms with E-state index in [9.17, 15) is 0 Å². The molecule has 0 aliphatic heterocycles. The lowest BCUT2D eigenvalue weighted by Crippen LogP contribution is -2.06. The van der Waals surface area contributed by atoms with E-state index in [1.807, 2.05) is 48.8 Å². The summed E-state index contributed by atoms with van der Waals surface area (Å²) in [4.78, 5) is 14.3. The van der Waals surface area contributed by atoms with Crippen LogP contribution in [0.1, 0.15) is 24.1 Å². The van der Waals surface area contributed by atoms with Crippen molar-refractivity contribution in [2.45, 2.75) is 25.7 Å². The van der Waals surface area contributed by atoms with E-state index in [1.54, 1.807) is 0 Å². The Kier molecular flexibility index (Phi) is 5.36. The third kappa shape index (κ3) is 3.91. The predicted octanol–water partition coefficient (Wildman–Crippen LogP) is 7.70. The number of nitrogens with zero attached hydrogens (tertiary/aromatic N) is 4. The van der Waals surface area contributed by atoms with E-state index in [2.05, 4.69) is 70.2 Å². The van der Waals surface area contributed by atoms with E-state index in [-0.39, 0.29) is 0 Å². The van der Waals surface area contributed by atoms with Gasteiger partial charge in [-0.1, -0.05) is 72.8 Å². The van der Waals surface area contributed by atoms with Gasteiger partial charge in [0.05, 0.1) is 23.1 Å². The van der Waals surface area contributed by atoms with Crippen LogP contribution in [0.4, 0.5) is 0 Å². The first-order valence-electron chi connectivity index (χ1n) is 12.9. The van der Waals surface area contributed by atoms with Gasteiger partial charge in [0, 0.05) is 39.7 Å². The fourth-order valence-corrected chi connectivity index (χ4v) is 5.54. The number of hydrogen-bond acceptors (Lipinski definition) is 3. The van der Waals surface area contributed by atoms with Crippen molar-refractivity contribution in [3.8, 4) is 39.6 Å². The second-order valence-electron chi connectivity index (χ2n) is 9.60. The smallest absolute Gasteiger partial charge is 0.160 e. The Morgan fingerprint density at radius 3 is 2.00 bits per heavy atom. The summed E-state index contributed by atoms with van der Waals surface area (Å²) in [5, 5.41) is 1.34. The third-order valence-corrected chi connectivity index (χ3v) is 7.32. The van der Waals surface area contributed by atoms with Gasteiger partial charge in [-0.15, -0.1) is 0 Å². The summed E-state index contributed by atoms with van der Waals surface area (Å²) in [5.41, 5.74) is 10.3. The molecule has 3 heterocycles. The number of benzene rings is 3. The van der Waals surface area contributed by atoms with Gasteiger partial charge in [-0.3, -0.25) is 4.98 Å². The fourth-order valence-electron chi connectivity index (χ4n) is 5.54. The van der Waals surface area contributed by atoms with Crippen molar-refractivity contribution in [3.05, 3.63) is 121 Å². The van der Waals surface area contributed by atoms with Gasteiger partial charge < -0.3 is 4.57 Å². The SMILES string of the molecule is c1ccc(-c2cc(-c3ccc(-n4c5c(c6ccncc64)CCCC5)cc3)nc(-c3ccccc3)n2)cc1. The Morgan fingerprint density at radius 1 is 0.622 bits per heavy atom. The molecule has 0 bridgehead atoms. The Hall–Kier alpha value is -4.57. The summed E-state index contributed by atoms with van der Waals surface area (Å²) < 4.78 is 2.41. The molecule has 4 nitrogen and oxygen atoms in total. The van der Waals surface area contributed by atoms with Crippen molar-refractivity contribution in [1.29, 1.82) is 0 Å². The molecule has 0 saturated heterocycles. The molecule has 37 heavy (non-hydrogen) atoms. The Morgan fingerprint density at radius 2 is 1.27 bits per heavy atom. The van der Waals surface area contributed by atoms with E-state index in [0.717, 1.165) is 46.7 Å². The van der Waals surface area contributed by atoms with E-state index >= 15 is 0 Å². The third-order valence-electron chi connectivity index (χ3n) is 7.32. The average molecular weight is 479 g/mol. The van der Waals surface area contributed by atoms with Crippen LogP contribution in [-0.4, -0.2) is 19.5 Å². The largest absolute Gasteiger partial charge is 0.312 e. The van der Waals surface area contributed by atoms with Crippen LogP contribution >= 0.6 is 0 Å². The van der Waals surface area contributed by atoms with Gasteiger partial charge >= 0.3 is 0 Å². The number of hydrogen-bond donors (Lipinski definition) is 0. The average Bonchev–Trinajstić information content (AvgIpc) is 3.32. The minimum atomic E-state index is 0.734. The van der Waals surface area contributed by atoms with Crippen molar-refractivity contribution in [2.75, 3.05) is 0 Å². The van der Waals surface area contributed by atoms with Crippen LogP contribution in [0.5, 0.6) is 0 Å². The van der Waals surface area contributed by atoms with Crippen LogP contribution in [0, 0.1) is 0 Å². The van der Waals surface area contributed by atoms with Gasteiger partial charge in [0.15, 0.2) is 5.82 Å². The number of aryl methyl sites for hydroxylation is 1. The number of aromatic nitrogens is 4. The summed E-state index contributed by atoms with van der Waals surface area (Å²) >= 11 is 0. The highest BCUT2D eigenvalue weighted by Gasteiger charge is 2.21. The Balaban J connectivity index is 1.34. The summed E-state index contributed by atoms with van der Waals surface area (Å²) in [6, 6.07) is 33.5. The molecule has 7 rings (SSSR count). The molecule has 3 aromatic carbocycles. The zero-order chi connectivity index (χ0) is 24.6. The molecule has 0 radical (unpaired) electrons. The molecule has 0 unspecified atom stereocenters. The zero-order valence-corrected chi connectivity index (χ0v) is 20.5. The van der Waals surface area contributed by atoms with E-state index in [0.29, 0.717) is 0 Å². The molecule has 4 heteroatoms. The van der Waals surface area contributed by atoms with Crippen LogP contribution in [0.15, 0.2) is 109 Å². The zero-order valence-electron chi connectivity index (χ0n) is 20.5. The second kappa shape index (κ2) is 9.14. The molecule has 0 amide bonds. The van der Waals surface area contributed by atoms with Crippen LogP contribution in [0.25, 0.3) is 50.5 Å². The molecular weight excluding hydrogens is 452 g/mol. The highest BCUT2D eigenvalue weighted by atomic mass is 15.0. The number of pyridine rings is 1. The van der Waals surface area contributed by atoms with Crippen molar-refractivity contribution in [3.63, 3.8) is 0 Å². The molecule has 0 saturated carbocycles. The number of rotatable bonds is 4. The van der Waals surface area contributed by atoms with Crippen molar-refractivity contribution in [1.82, 2.24) is 19.5 Å². The van der Waals surface area contributed by atoms with Crippen LogP contribution in [0.2, 0.25) is 0 Å². The normalized spacial score (nSPS) is 13.0. The van der Waals surface area contributed by atoms with Crippen molar-refractivity contribution < 1.29 is 0 Å². The van der Waals surface area contributed by atoms with Crippen LogP contribution in [-0.2, 0) is 12.8 Å². The fraction of sp³-hybridized carbons (Fsp3) is 0.121. The van der Waals surface area contributed by atoms with E-state index in [1.165, 1.54) is 40.7 Å². The summed E-state index contributed by atoms with van der Waals surface area (Å²) in [6.07, 6.45) is 8.67. The maximum atomic E-state index is 4.98. The van der Waals surface area contributed by atoms with Gasteiger partial charge in [0.25, 0.3) is 0 Å². The second-order valence-corrected chi connectivity index (χ2v) is 9.60. The molecule has 1 aliphatic carbocycles. The van der Waals surface area contributed by atoms with Crippen molar-refractivity contribution >= 4 is 10.9 Å². The first kappa shape index (κ1) is 21.7. The lowest BCUT2D eigenvalue weighted by Gasteiger charge is -2.16. The molecule has 0 fully saturated rings. The van der Waals surface area contributed by atoms with Gasteiger partial charge in [-0.05, 0) is 55.5 Å². The predicted molar refractivity (Wildman–Crippen MR) is 150 cm³/mol. The summed E-state index contributed by atoms with van der Waals surface area (Å²) in [7, 11) is 0. The lowest BCUT2D eigenvalue weighted by molar-refractivity contribution is 0.667. The molecule has 6 aromatic rings. The first-order chi connectivity index (χ1) is 18.3. The minimum Gasteiger partial charge on any atom is -0.312 e. The molecule has 1 aliphatic rings. The highest BCUT2D eigenvalue weighted by molar-refractivity contribution is 5.87. The molecule has 3 aromatic heterocycles. The summed E-state index contributed by atoms with van der Waals surface area (Å²) in [5.74, 6) is 0.734. The number of fused-ring (bicyclic) bond motifs is 3. The standard InChI is InChI=1S/C33H26N4/c1-3-9-23(10-4-1)29-21-30(36-33(35-29)25-11-5-2-6-12-25)24-15-17-26(18-16-24)37-31-14-8-7-13-27(31)28-19-20-34-22-32(28)37/h1-6,9-12,15-22H,7-8,13-14H2. The maximum Gasteiger partial charge on any atom is 0.160 e. The van der Waals surface area contributed by atoms with E-state index < -0.39 is 0 Å². The van der Waals surface area contributed by atoms with Gasteiger partial charge in [-0.25, -0.2) is 9.97 Å². The van der Waals surface area contributed by atoms with Gasteiger partial charge in [0.2, 0.25) is 0 Å². The lowest BCUT2D eigenvalue weighted by atomic mass is 9.96. The van der Waals surface area contributed by atoms with Crippen LogP contribution < -0.4 is 0 Å². The molecule has 0 spiro atoms.